The van der Waals surface area contributed by atoms with Gasteiger partial charge in [0, 0.05) is 37.8 Å². The highest BCUT2D eigenvalue weighted by Crippen LogP contribution is 2.52. The number of carbonyl (C=O) groups excluding carboxylic acids is 2. The first-order chi connectivity index (χ1) is 19.0. The summed E-state index contributed by atoms with van der Waals surface area (Å²) in [5.41, 5.74) is 1.68. The number of aromatic nitrogens is 2. The van der Waals surface area contributed by atoms with Crippen LogP contribution in [0.3, 0.4) is 0 Å². The third kappa shape index (κ3) is 5.14. The van der Waals surface area contributed by atoms with E-state index < -0.39 is 0 Å². The van der Waals surface area contributed by atoms with Crippen molar-refractivity contribution >= 4 is 35.0 Å². The number of rotatable bonds is 6. The van der Waals surface area contributed by atoms with Gasteiger partial charge in [0.15, 0.2) is 5.82 Å². The van der Waals surface area contributed by atoms with E-state index in [4.69, 9.17) is 9.72 Å². The van der Waals surface area contributed by atoms with Gasteiger partial charge in [0.05, 0.1) is 24.4 Å². The Bertz CT molecular complexity index is 1240. The van der Waals surface area contributed by atoms with E-state index in [1.165, 1.54) is 19.3 Å². The topological polar surface area (TPSA) is 112 Å². The summed E-state index contributed by atoms with van der Waals surface area (Å²) in [5, 5.41) is 9.74. The van der Waals surface area contributed by atoms with Gasteiger partial charge < -0.3 is 30.5 Å². The molecule has 1 aromatic heterocycles. The number of benzene rings is 1. The molecule has 10 nitrogen and oxygen atoms in total. The van der Waals surface area contributed by atoms with E-state index in [0.717, 1.165) is 63.1 Å². The number of amides is 2. The lowest BCUT2D eigenvalue weighted by atomic mass is 9.93. The molecule has 208 valence electrons. The Morgan fingerprint density at radius 2 is 1.97 bits per heavy atom. The minimum Gasteiger partial charge on any atom is -0.495 e. The van der Waals surface area contributed by atoms with Gasteiger partial charge in [-0.05, 0) is 63.3 Å². The van der Waals surface area contributed by atoms with E-state index in [1.807, 2.05) is 13.1 Å². The van der Waals surface area contributed by atoms with Crippen molar-refractivity contribution in [1.29, 1.82) is 0 Å². The Labute approximate surface area is 229 Å². The normalized spacial score (nSPS) is 22.7. The van der Waals surface area contributed by atoms with Crippen LogP contribution >= 0.6 is 0 Å². The van der Waals surface area contributed by atoms with Gasteiger partial charge in [-0.3, -0.25) is 9.59 Å². The monoisotopic (exact) mass is 533 g/mol. The van der Waals surface area contributed by atoms with Crippen LogP contribution in [0.4, 0.5) is 23.1 Å². The molecule has 2 saturated carbocycles. The first-order valence-corrected chi connectivity index (χ1v) is 14.4. The first-order valence-electron chi connectivity index (χ1n) is 14.4. The SMILES string of the molecule is COc1cc(C(=O)NC2CCCNC2)ccc1Nc1ncc2c(n1)N(C1CCCCC1)CC1(CC1)C(=O)N2C. The summed E-state index contributed by atoms with van der Waals surface area (Å²) in [6.45, 7) is 2.50. The summed E-state index contributed by atoms with van der Waals surface area (Å²) in [7, 11) is 3.43. The minimum atomic E-state index is -0.298. The van der Waals surface area contributed by atoms with Crippen LogP contribution in [0.15, 0.2) is 24.4 Å². The van der Waals surface area contributed by atoms with Gasteiger partial charge in [-0.2, -0.15) is 4.98 Å². The molecule has 10 heteroatoms. The van der Waals surface area contributed by atoms with Crippen LogP contribution in [0.1, 0.15) is 68.1 Å². The highest BCUT2D eigenvalue weighted by Gasteiger charge is 2.55. The van der Waals surface area contributed by atoms with Crippen molar-refractivity contribution in [2.24, 2.45) is 5.41 Å². The molecule has 2 aliphatic heterocycles. The molecule has 2 aliphatic carbocycles. The van der Waals surface area contributed by atoms with Crippen LogP contribution in [-0.2, 0) is 4.79 Å². The average molecular weight is 534 g/mol. The molecule has 0 bridgehead atoms. The maximum absolute atomic E-state index is 13.4. The van der Waals surface area contributed by atoms with Crippen LogP contribution in [0.5, 0.6) is 5.75 Å². The molecule has 6 rings (SSSR count). The summed E-state index contributed by atoms with van der Waals surface area (Å²) >= 11 is 0. The second-order valence-corrected chi connectivity index (χ2v) is 11.5. The maximum atomic E-state index is 13.4. The number of fused-ring (bicyclic) bond motifs is 1. The van der Waals surface area contributed by atoms with Crippen molar-refractivity contribution in [2.45, 2.75) is 69.9 Å². The fourth-order valence-corrected chi connectivity index (χ4v) is 6.33. The smallest absolute Gasteiger partial charge is 0.251 e. The number of piperidine rings is 1. The predicted octanol–water partition coefficient (Wildman–Crippen LogP) is 3.61. The van der Waals surface area contributed by atoms with E-state index in [0.29, 0.717) is 35.5 Å². The van der Waals surface area contributed by atoms with Crippen molar-refractivity contribution in [1.82, 2.24) is 20.6 Å². The van der Waals surface area contributed by atoms with Crippen molar-refractivity contribution in [3.63, 3.8) is 0 Å². The zero-order valence-electron chi connectivity index (χ0n) is 23.0. The highest BCUT2D eigenvalue weighted by molar-refractivity contribution is 6.03. The molecule has 39 heavy (non-hydrogen) atoms. The van der Waals surface area contributed by atoms with Crippen molar-refractivity contribution in [2.75, 3.05) is 48.9 Å². The number of carbonyl (C=O) groups is 2. The number of nitrogens with zero attached hydrogens (tertiary/aromatic N) is 4. The van der Waals surface area contributed by atoms with Crippen LogP contribution in [0.25, 0.3) is 0 Å². The molecule has 0 radical (unpaired) electrons. The van der Waals surface area contributed by atoms with Gasteiger partial charge in [0.2, 0.25) is 11.9 Å². The van der Waals surface area contributed by atoms with Crippen LogP contribution < -0.4 is 30.5 Å². The van der Waals surface area contributed by atoms with Gasteiger partial charge in [-0.15, -0.1) is 0 Å². The van der Waals surface area contributed by atoms with Crippen LogP contribution in [0.2, 0.25) is 0 Å². The van der Waals surface area contributed by atoms with E-state index in [2.05, 4.69) is 25.8 Å². The number of hydrogen-bond donors (Lipinski definition) is 3. The fourth-order valence-electron chi connectivity index (χ4n) is 6.33. The number of anilines is 4. The molecule has 1 aromatic carbocycles. The van der Waals surface area contributed by atoms with Gasteiger partial charge >= 0.3 is 0 Å². The molecular weight excluding hydrogens is 494 g/mol. The van der Waals surface area contributed by atoms with Gasteiger partial charge in [0.25, 0.3) is 5.91 Å². The van der Waals surface area contributed by atoms with Gasteiger partial charge in [0.1, 0.15) is 11.4 Å². The summed E-state index contributed by atoms with van der Waals surface area (Å²) < 4.78 is 5.64. The standard InChI is InChI=1S/C29H39N7O3/c1-35-23-17-31-28(34-25(23)36(21-8-4-3-5-9-21)18-29(12-13-29)27(35)38)33-22-11-10-19(15-24(22)39-2)26(37)32-20-7-6-14-30-16-20/h10-11,15,17,20-21,30H,3-9,12-14,16,18H2,1-2H3,(H,32,37)(H,31,33,34). The zero-order chi connectivity index (χ0) is 27.0. The molecule has 1 saturated heterocycles. The van der Waals surface area contributed by atoms with Crippen molar-refractivity contribution < 1.29 is 14.3 Å². The number of methoxy groups -OCH3 is 1. The van der Waals surface area contributed by atoms with Gasteiger partial charge in [-0.1, -0.05) is 19.3 Å². The first kappa shape index (κ1) is 25.9. The largest absolute Gasteiger partial charge is 0.495 e. The lowest BCUT2D eigenvalue weighted by molar-refractivity contribution is -0.123. The van der Waals surface area contributed by atoms with Gasteiger partial charge in [-0.25, -0.2) is 4.98 Å². The summed E-state index contributed by atoms with van der Waals surface area (Å²) in [4.78, 5) is 39.9. The van der Waals surface area contributed by atoms with E-state index in [1.54, 1.807) is 30.3 Å². The molecule has 4 aliphatic rings. The van der Waals surface area contributed by atoms with Crippen LogP contribution in [-0.4, -0.2) is 67.7 Å². The average Bonchev–Trinajstić information content (AvgIpc) is 3.77. The highest BCUT2D eigenvalue weighted by atomic mass is 16.5. The molecule has 2 aromatic rings. The third-order valence-corrected chi connectivity index (χ3v) is 8.83. The molecule has 3 N–H and O–H groups in total. The molecule has 3 fully saturated rings. The number of nitrogens with one attached hydrogen (secondary N) is 3. The van der Waals surface area contributed by atoms with Crippen molar-refractivity contribution in [3.05, 3.63) is 30.0 Å². The van der Waals surface area contributed by atoms with Crippen molar-refractivity contribution in [3.8, 4) is 5.75 Å². The predicted molar refractivity (Wildman–Crippen MR) is 151 cm³/mol. The molecule has 2 amide bonds. The Balaban J connectivity index is 1.26. The maximum Gasteiger partial charge on any atom is 0.251 e. The molecular formula is C29H39N7O3. The molecule has 3 heterocycles. The van der Waals surface area contributed by atoms with E-state index in [9.17, 15) is 9.59 Å². The lowest BCUT2D eigenvalue weighted by Crippen LogP contribution is -2.45. The fraction of sp³-hybridized carbons (Fsp3) is 0.586. The Morgan fingerprint density at radius 1 is 1.15 bits per heavy atom. The Morgan fingerprint density at radius 3 is 2.69 bits per heavy atom. The molecule has 1 unspecified atom stereocenters. The molecule has 1 spiro atoms. The summed E-state index contributed by atoms with van der Waals surface area (Å²) in [6.07, 6.45) is 11.6. The van der Waals surface area contributed by atoms with E-state index in [-0.39, 0.29) is 23.3 Å². The summed E-state index contributed by atoms with van der Waals surface area (Å²) in [5.74, 6) is 1.85. The lowest BCUT2D eigenvalue weighted by Gasteiger charge is -2.36. The zero-order valence-corrected chi connectivity index (χ0v) is 23.0. The summed E-state index contributed by atoms with van der Waals surface area (Å²) in [6, 6.07) is 5.88. The minimum absolute atomic E-state index is 0.111. The Hall–Kier alpha value is -3.40. The quantitative estimate of drug-likeness (QED) is 0.517. The third-order valence-electron chi connectivity index (χ3n) is 8.83. The second-order valence-electron chi connectivity index (χ2n) is 11.5. The molecule has 1 atom stereocenters. The second kappa shape index (κ2) is 10.6. The Kier molecular flexibility index (Phi) is 7.05. The van der Waals surface area contributed by atoms with E-state index >= 15 is 0 Å². The number of hydrogen-bond acceptors (Lipinski definition) is 8. The number of ether oxygens (including phenoxy) is 1. The van der Waals surface area contributed by atoms with Crippen LogP contribution in [0, 0.1) is 5.41 Å².